The van der Waals surface area contributed by atoms with Crippen molar-refractivity contribution < 1.29 is 14.3 Å². The van der Waals surface area contributed by atoms with E-state index >= 15 is 0 Å². The fourth-order valence-electron chi connectivity index (χ4n) is 2.15. The second-order valence-electron chi connectivity index (χ2n) is 5.23. The number of nitrogens with one attached hydrogen (secondary N) is 1. The maximum absolute atomic E-state index is 12.1. The first-order valence-corrected chi connectivity index (χ1v) is 8.15. The molecule has 130 valence electrons. The third kappa shape index (κ3) is 5.02. The summed E-state index contributed by atoms with van der Waals surface area (Å²) in [5.74, 6) is 0.480. The van der Waals surface area contributed by atoms with Crippen molar-refractivity contribution in [1.82, 2.24) is 5.32 Å². The van der Waals surface area contributed by atoms with E-state index in [1.165, 1.54) is 7.11 Å². The summed E-state index contributed by atoms with van der Waals surface area (Å²) in [5.41, 5.74) is 1.28. The first-order valence-electron chi connectivity index (χ1n) is 7.40. The van der Waals surface area contributed by atoms with Gasteiger partial charge in [-0.2, -0.15) is 5.26 Å². The highest BCUT2D eigenvalue weighted by Crippen LogP contribution is 2.28. The van der Waals surface area contributed by atoms with Gasteiger partial charge in [-0.1, -0.05) is 29.3 Å². The molecule has 0 aliphatic rings. The van der Waals surface area contributed by atoms with Crippen LogP contribution in [0.25, 0.3) is 0 Å². The zero-order chi connectivity index (χ0) is 18.4. The molecule has 1 atom stereocenters. The summed E-state index contributed by atoms with van der Waals surface area (Å²) in [5, 5.41) is 12.6. The van der Waals surface area contributed by atoms with Gasteiger partial charge in [-0.3, -0.25) is 4.79 Å². The summed E-state index contributed by atoms with van der Waals surface area (Å²) in [6.45, 7) is 1.65. The van der Waals surface area contributed by atoms with E-state index in [0.29, 0.717) is 27.1 Å². The zero-order valence-electron chi connectivity index (χ0n) is 13.7. The highest BCUT2D eigenvalue weighted by atomic mass is 35.5. The molecule has 2 aromatic rings. The minimum atomic E-state index is -0.301. The van der Waals surface area contributed by atoms with Gasteiger partial charge in [-0.05, 0) is 36.8 Å². The number of rotatable bonds is 6. The van der Waals surface area contributed by atoms with Gasteiger partial charge in [-0.25, -0.2) is 0 Å². The molecule has 7 heteroatoms. The molecule has 0 spiro atoms. The molecule has 2 aromatic carbocycles. The van der Waals surface area contributed by atoms with Crippen LogP contribution in [0.3, 0.4) is 0 Å². The number of hydrogen-bond donors (Lipinski definition) is 1. The molecule has 1 unspecified atom stereocenters. The van der Waals surface area contributed by atoms with Gasteiger partial charge in [0.15, 0.2) is 18.1 Å². The standard InChI is InChI=1S/C18H16Cl2N2O3/c1-11(13-4-5-14(19)15(20)8-13)22-18(23)10-25-16-6-3-12(9-21)7-17(16)24-2/h3-8,11H,10H2,1-2H3,(H,22,23). The maximum atomic E-state index is 12.1. The summed E-state index contributed by atoms with van der Waals surface area (Å²) in [6, 6.07) is 11.7. The first kappa shape index (κ1) is 18.9. The quantitative estimate of drug-likeness (QED) is 0.819. The van der Waals surface area contributed by atoms with Crippen LogP contribution in [0.5, 0.6) is 11.5 Å². The molecule has 1 N–H and O–H groups in total. The van der Waals surface area contributed by atoms with Crippen LogP contribution in [0, 0.1) is 11.3 Å². The average molecular weight is 379 g/mol. The van der Waals surface area contributed by atoms with E-state index in [0.717, 1.165) is 5.56 Å². The second-order valence-corrected chi connectivity index (χ2v) is 6.04. The molecular formula is C18H16Cl2N2O3. The van der Waals surface area contributed by atoms with Gasteiger partial charge in [0, 0.05) is 6.07 Å². The third-order valence-corrected chi connectivity index (χ3v) is 4.21. The molecule has 0 bridgehead atoms. The number of amides is 1. The molecular weight excluding hydrogens is 363 g/mol. The van der Waals surface area contributed by atoms with Gasteiger partial charge >= 0.3 is 0 Å². The molecule has 0 radical (unpaired) electrons. The molecule has 0 fully saturated rings. The SMILES string of the molecule is COc1cc(C#N)ccc1OCC(=O)NC(C)c1ccc(Cl)c(Cl)c1. The summed E-state index contributed by atoms with van der Waals surface area (Å²) in [7, 11) is 1.47. The van der Waals surface area contributed by atoms with Crippen LogP contribution in [0.4, 0.5) is 0 Å². The van der Waals surface area contributed by atoms with Crippen molar-refractivity contribution in [2.24, 2.45) is 0 Å². The predicted molar refractivity (Wildman–Crippen MR) is 96.2 cm³/mol. The molecule has 0 saturated carbocycles. The lowest BCUT2D eigenvalue weighted by atomic mass is 10.1. The van der Waals surface area contributed by atoms with Crippen LogP contribution in [-0.2, 0) is 4.79 Å². The lowest BCUT2D eigenvalue weighted by Crippen LogP contribution is -2.31. The lowest BCUT2D eigenvalue weighted by Gasteiger charge is -2.16. The third-order valence-electron chi connectivity index (χ3n) is 3.47. The van der Waals surface area contributed by atoms with Crippen LogP contribution < -0.4 is 14.8 Å². The molecule has 0 aliphatic heterocycles. The molecule has 0 heterocycles. The van der Waals surface area contributed by atoms with E-state index in [-0.39, 0.29) is 18.6 Å². The van der Waals surface area contributed by atoms with E-state index in [4.69, 9.17) is 37.9 Å². The van der Waals surface area contributed by atoms with E-state index in [1.54, 1.807) is 36.4 Å². The monoisotopic (exact) mass is 378 g/mol. The molecule has 25 heavy (non-hydrogen) atoms. The Morgan fingerprint density at radius 2 is 1.96 bits per heavy atom. The Morgan fingerprint density at radius 1 is 1.20 bits per heavy atom. The number of carbonyl (C=O) groups is 1. The number of hydrogen-bond acceptors (Lipinski definition) is 4. The summed E-state index contributed by atoms with van der Waals surface area (Å²) in [6.07, 6.45) is 0. The number of halogens is 2. The Bertz CT molecular complexity index is 818. The normalized spacial score (nSPS) is 11.3. The van der Waals surface area contributed by atoms with Crippen LogP contribution in [0.2, 0.25) is 10.0 Å². The predicted octanol–water partition coefficient (Wildman–Crippen LogP) is 4.13. The van der Waals surface area contributed by atoms with Gasteiger partial charge in [0.1, 0.15) is 0 Å². The highest BCUT2D eigenvalue weighted by Gasteiger charge is 2.13. The topological polar surface area (TPSA) is 71.3 Å². The number of nitrogens with zero attached hydrogens (tertiary/aromatic N) is 1. The Balaban J connectivity index is 1.96. The molecule has 0 saturated heterocycles. The average Bonchev–Trinajstić information content (AvgIpc) is 2.61. The van der Waals surface area contributed by atoms with Gasteiger partial charge in [0.2, 0.25) is 0 Å². The smallest absolute Gasteiger partial charge is 0.258 e. The minimum Gasteiger partial charge on any atom is -0.493 e. The summed E-state index contributed by atoms with van der Waals surface area (Å²) in [4.78, 5) is 12.1. The summed E-state index contributed by atoms with van der Waals surface area (Å²) < 4.78 is 10.6. The van der Waals surface area contributed by atoms with E-state index in [2.05, 4.69) is 5.32 Å². The van der Waals surface area contributed by atoms with Crippen LogP contribution in [0.15, 0.2) is 36.4 Å². The summed E-state index contributed by atoms with van der Waals surface area (Å²) >= 11 is 11.9. The molecule has 1 amide bonds. The molecule has 5 nitrogen and oxygen atoms in total. The number of benzene rings is 2. The van der Waals surface area contributed by atoms with Crippen molar-refractivity contribution in [3.63, 3.8) is 0 Å². The minimum absolute atomic E-state index is 0.187. The van der Waals surface area contributed by atoms with Gasteiger partial charge in [0.25, 0.3) is 5.91 Å². The van der Waals surface area contributed by atoms with E-state index in [9.17, 15) is 4.79 Å². The van der Waals surface area contributed by atoms with Crippen molar-refractivity contribution in [2.45, 2.75) is 13.0 Å². The van der Waals surface area contributed by atoms with Crippen LogP contribution in [0.1, 0.15) is 24.1 Å². The zero-order valence-corrected chi connectivity index (χ0v) is 15.2. The Labute approximate surface area is 156 Å². The van der Waals surface area contributed by atoms with Gasteiger partial charge in [-0.15, -0.1) is 0 Å². The molecule has 0 aliphatic carbocycles. The Hall–Kier alpha value is -2.42. The van der Waals surface area contributed by atoms with E-state index in [1.807, 2.05) is 13.0 Å². The fraction of sp³-hybridized carbons (Fsp3) is 0.222. The van der Waals surface area contributed by atoms with E-state index < -0.39 is 0 Å². The molecule has 2 rings (SSSR count). The van der Waals surface area contributed by atoms with Crippen molar-refractivity contribution in [3.05, 3.63) is 57.6 Å². The van der Waals surface area contributed by atoms with Crippen molar-refractivity contribution >= 4 is 29.1 Å². The van der Waals surface area contributed by atoms with Gasteiger partial charge < -0.3 is 14.8 Å². The second kappa shape index (κ2) is 8.61. The lowest BCUT2D eigenvalue weighted by molar-refractivity contribution is -0.123. The largest absolute Gasteiger partial charge is 0.493 e. The highest BCUT2D eigenvalue weighted by molar-refractivity contribution is 6.42. The van der Waals surface area contributed by atoms with Crippen molar-refractivity contribution in [1.29, 1.82) is 5.26 Å². The Kier molecular flexibility index (Phi) is 6.51. The van der Waals surface area contributed by atoms with Crippen molar-refractivity contribution in [2.75, 3.05) is 13.7 Å². The van der Waals surface area contributed by atoms with Crippen LogP contribution in [-0.4, -0.2) is 19.6 Å². The molecule has 0 aromatic heterocycles. The van der Waals surface area contributed by atoms with Crippen LogP contribution >= 0.6 is 23.2 Å². The number of carbonyl (C=O) groups excluding carboxylic acids is 1. The number of ether oxygens (including phenoxy) is 2. The number of methoxy groups -OCH3 is 1. The maximum Gasteiger partial charge on any atom is 0.258 e. The first-order chi connectivity index (χ1) is 11.9. The van der Waals surface area contributed by atoms with Crippen molar-refractivity contribution in [3.8, 4) is 17.6 Å². The Morgan fingerprint density at radius 3 is 2.60 bits per heavy atom. The van der Waals surface area contributed by atoms with Gasteiger partial charge in [0.05, 0.1) is 34.8 Å². The number of nitriles is 1. The fourth-order valence-corrected chi connectivity index (χ4v) is 2.45.